The summed E-state index contributed by atoms with van der Waals surface area (Å²) in [5.41, 5.74) is 7.01. The molecule has 0 saturated carbocycles. The van der Waals surface area contributed by atoms with Crippen molar-refractivity contribution < 1.29 is 21.7 Å². The van der Waals surface area contributed by atoms with E-state index in [4.69, 9.17) is 21.7 Å². The van der Waals surface area contributed by atoms with Crippen LogP contribution in [0.25, 0.3) is 0 Å². The number of aliphatic imine (C=N–C) groups is 1. The molecule has 0 aliphatic carbocycles. The average Bonchev–Trinajstić information content (AvgIpc) is 3.13. The van der Waals surface area contributed by atoms with E-state index >= 15 is 0 Å². The maximum absolute atomic E-state index is 8.20. The molecule has 1 atom stereocenters. The van der Waals surface area contributed by atoms with Crippen LogP contribution >= 0.6 is 17.2 Å². The normalized spacial score (nSPS) is 15.1. The molecule has 0 radical (unpaired) electrons. The Morgan fingerprint density at radius 3 is 1.59 bits per heavy atom. The minimum atomic E-state index is -3.13. The third-order valence-corrected chi connectivity index (χ3v) is 16.9. The van der Waals surface area contributed by atoms with Crippen LogP contribution in [-0.4, -0.2) is 43.4 Å². The number of ether oxygens (including phenoxy) is 1. The van der Waals surface area contributed by atoms with Crippen LogP contribution in [0.4, 0.5) is 0 Å². The fraction of sp³-hybridized carbons (Fsp3) is 0.350. The van der Waals surface area contributed by atoms with Crippen LogP contribution in [-0.2, 0) is 0 Å². The molecule has 1 heterocycles. The Balaban J connectivity index is 0.00000541. The van der Waals surface area contributed by atoms with Gasteiger partial charge in [-0.15, -0.1) is 0 Å². The van der Waals surface area contributed by atoms with Gasteiger partial charge in [-0.1, -0.05) is 0 Å². The number of nitrogens with one attached hydrogen (secondary N) is 2. The Bertz CT molecular complexity index is 1530. The number of nitrogens with two attached hydrogens (primary N) is 1. The summed E-state index contributed by atoms with van der Waals surface area (Å²) < 4.78 is 7.96. The second kappa shape index (κ2) is 18.4. The minimum Gasteiger partial charge on any atom is -1.00 e. The van der Waals surface area contributed by atoms with Gasteiger partial charge < -0.3 is 18.1 Å². The predicted octanol–water partition coefficient (Wildman–Crippen LogP) is 4.40. The Kier molecular flexibility index (Phi) is 14.4. The molecular formula is C40H52Cl2N5OP. The van der Waals surface area contributed by atoms with Gasteiger partial charge in [-0.2, -0.15) is 4.99 Å². The Hall–Kier alpha value is -3.57. The van der Waals surface area contributed by atoms with Crippen LogP contribution < -0.4 is 49.4 Å². The molecule has 0 amide bonds. The van der Waals surface area contributed by atoms with Gasteiger partial charge in [0, 0.05) is 5.56 Å². The summed E-state index contributed by atoms with van der Waals surface area (Å²) in [7, 11) is 3.91. The van der Waals surface area contributed by atoms with Crippen molar-refractivity contribution in [3.05, 3.63) is 121 Å². The quantitative estimate of drug-likeness (QED) is 0.0860. The number of benzene rings is 4. The van der Waals surface area contributed by atoms with E-state index in [0.717, 1.165) is 42.9 Å². The van der Waals surface area contributed by atoms with Crippen molar-refractivity contribution in [2.24, 2.45) is 10.7 Å². The van der Waals surface area contributed by atoms with Crippen molar-refractivity contribution in [1.82, 2.24) is 10.6 Å². The van der Waals surface area contributed by atoms with E-state index in [1.165, 1.54) is 60.9 Å². The summed E-state index contributed by atoms with van der Waals surface area (Å²) in [4.78, 5) is 4.47. The van der Waals surface area contributed by atoms with Crippen molar-refractivity contribution >= 4 is 45.0 Å². The molecule has 4 aromatic rings. The first-order valence-corrected chi connectivity index (χ1v) is 20.7. The molecule has 4 N–H and O–H groups in total. The van der Waals surface area contributed by atoms with E-state index in [2.05, 4.69) is 107 Å². The van der Waals surface area contributed by atoms with Crippen molar-refractivity contribution in [2.45, 2.75) is 64.0 Å². The largest absolute Gasteiger partial charge is 1.00 e. The number of hydrogen-bond acceptors (Lipinski definition) is 3. The minimum absolute atomic E-state index is 0. The molecule has 1 aliphatic rings. The Morgan fingerprint density at radius 1 is 0.673 bits per heavy atom. The first-order chi connectivity index (χ1) is 23.4. The van der Waals surface area contributed by atoms with Gasteiger partial charge in [0.2, 0.25) is 0 Å². The van der Waals surface area contributed by atoms with Crippen molar-refractivity contribution in [1.29, 1.82) is 0 Å². The molecule has 1 unspecified atom stereocenters. The molecule has 0 spiro atoms. The van der Waals surface area contributed by atoms with E-state index in [0.29, 0.717) is 5.96 Å². The fourth-order valence-corrected chi connectivity index (χ4v) is 12.9. The second-order valence-electron chi connectivity index (χ2n) is 12.9. The summed E-state index contributed by atoms with van der Waals surface area (Å²) in [6, 6.07) is 40.6. The van der Waals surface area contributed by atoms with Gasteiger partial charge in [-0.05, 0) is 24.3 Å². The Morgan fingerprint density at radius 2 is 1.12 bits per heavy atom. The number of guanidine groups is 2. The first kappa shape index (κ1) is 38.2. The monoisotopic (exact) mass is 719 g/mol. The number of nitrogens with zero attached hydrogens (tertiary/aromatic N) is 2. The molecule has 0 fully saturated rings. The van der Waals surface area contributed by atoms with Gasteiger partial charge in [-0.25, -0.2) is 5.32 Å². The zero-order chi connectivity index (χ0) is 33.7. The molecule has 5 rings (SSSR count). The van der Waals surface area contributed by atoms with Crippen molar-refractivity contribution in [3.8, 4) is 5.75 Å². The molecule has 49 heavy (non-hydrogen) atoms. The standard InChI is InChI=1S/C40H51ClN5OP.ClH/c1-46(2)40-44-38(43-39(42)45-40)33-27-29-34(30-28-33)47-31-19-8-6-4-3-5-7-9-20-32-48(41,35-21-13-10-14-22-35,36-23-15-11-16-24-36)37-25-17-12-18-26-37;/h10-18,21-30,38H,3-9,19-20,31-32H2,1-2H3,(H3,42,43,44,45);1H. The third-order valence-electron chi connectivity index (χ3n) is 9.31. The average molecular weight is 721 g/mol. The van der Waals surface area contributed by atoms with Gasteiger partial charge in [0.15, 0.2) is 6.17 Å². The molecule has 0 saturated heterocycles. The number of unbranched alkanes of at least 4 members (excludes halogenated alkanes) is 8. The SMILES string of the molecule is C[N+](C)=C1NC(N)=NC(c2ccc(OCCCCCCCCCCCP(Cl)(c3ccccc3)(c3ccccc3)c3ccccc3)cc2)N1.[Cl-]. The summed E-state index contributed by atoms with van der Waals surface area (Å²) in [6.45, 7) is 0.739. The van der Waals surface area contributed by atoms with E-state index in [9.17, 15) is 0 Å². The summed E-state index contributed by atoms with van der Waals surface area (Å²) in [6.07, 6.45) is 11.7. The van der Waals surface area contributed by atoms with Crippen LogP contribution in [0.15, 0.2) is 120 Å². The van der Waals surface area contributed by atoms with Crippen LogP contribution in [0.3, 0.4) is 0 Å². The number of halogens is 2. The van der Waals surface area contributed by atoms with E-state index in [-0.39, 0.29) is 18.6 Å². The van der Waals surface area contributed by atoms with Crippen LogP contribution in [0.1, 0.15) is 69.5 Å². The molecule has 9 heteroatoms. The van der Waals surface area contributed by atoms with Gasteiger partial charge in [0.05, 0.1) is 14.1 Å². The second-order valence-corrected chi connectivity index (χ2v) is 19.5. The summed E-state index contributed by atoms with van der Waals surface area (Å²) >= 11 is 8.20. The topological polar surface area (TPSA) is 74.7 Å². The van der Waals surface area contributed by atoms with Crippen LogP contribution in [0, 0.1) is 0 Å². The van der Waals surface area contributed by atoms with Gasteiger partial charge in [-0.3, -0.25) is 9.89 Å². The van der Waals surface area contributed by atoms with E-state index in [1.807, 2.05) is 42.9 Å². The van der Waals surface area contributed by atoms with Crippen molar-refractivity contribution in [3.63, 3.8) is 0 Å². The maximum atomic E-state index is 8.20. The molecule has 262 valence electrons. The fourth-order valence-electron chi connectivity index (χ4n) is 6.62. The zero-order valence-corrected chi connectivity index (χ0v) is 31.3. The summed E-state index contributed by atoms with van der Waals surface area (Å²) in [5, 5.41) is 10.2. The molecule has 0 aromatic heterocycles. The van der Waals surface area contributed by atoms with Crippen LogP contribution in [0.2, 0.25) is 0 Å². The van der Waals surface area contributed by atoms with Gasteiger partial charge in [0.1, 0.15) is 5.75 Å². The maximum Gasteiger partial charge on any atom is -0.0195 e. The zero-order valence-electron chi connectivity index (χ0n) is 28.9. The van der Waals surface area contributed by atoms with Gasteiger partial charge >= 0.3 is 205 Å². The van der Waals surface area contributed by atoms with Gasteiger partial charge in [0.25, 0.3) is 5.96 Å². The molecule has 4 aromatic carbocycles. The molecular weight excluding hydrogens is 668 g/mol. The molecule has 6 nitrogen and oxygen atoms in total. The Labute approximate surface area is 304 Å². The molecule has 1 aliphatic heterocycles. The van der Waals surface area contributed by atoms with E-state index in [1.54, 1.807) is 0 Å². The number of hydrogen-bond donors (Lipinski definition) is 3. The van der Waals surface area contributed by atoms with Crippen molar-refractivity contribution in [2.75, 3.05) is 26.9 Å². The number of rotatable bonds is 17. The van der Waals surface area contributed by atoms with E-state index < -0.39 is 5.96 Å². The third kappa shape index (κ3) is 9.57. The smallest absolute Gasteiger partial charge is 0.0195 e. The first-order valence-electron chi connectivity index (χ1n) is 17.4. The summed E-state index contributed by atoms with van der Waals surface area (Å²) in [5.74, 6) is -1.02. The molecule has 0 bridgehead atoms. The predicted molar refractivity (Wildman–Crippen MR) is 207 cm³/mol. The van der Waals surface area contributed by atoms with Crippen LogP contribution in [0.5, 0.6) is 5.75 Å².